The molecule has 1 N–H and O–H groups in total. The molecule has 1 amide bonds. The predicted octanol–water partition coefficient (Wildman–Crippen LogP) is 0.472. The molecule has 2 aromatic heterocycles. The summed E-state index contributed by atoms with van der Waals surface area (Å²) in [6.07, 6.45) is 1.52. The first kappa shape index (κ1) is 15.2. The van der Waals surface area contributed by atoms with Gasteiger partial charge in [-0.25, -0.2) is 4.68 Å². The molecule has 3 aromatic rings. The Hall–Kier alpha value is -3.36. The van der Waals surface area contributed by atoms with E-state index in [0.717, 1.165) is 4.68 Å². The standard InChI is InChI=1S/C16H14N4O5/c21-15(17-8-10-2-1-3-23-10)9-20-16(22)11-6-13-14(25-5-4-24-13)7-12(11)18-19-20/h1-3,6-7H,4-5,8-9H2,(H,17,21). The molecular formula is C16H14N4O5. The minimum atomic E-state index is -0.421. The predicted molar refractivity (Wildman–Crippen MR) is 85.3 cm³/mol. The van der Waals surface area contributed by atoms with Gasteiger partial charge in [-0.3, -0.25) is 9.59 Å². The van der Waals surface area contributed by atoms with Gasteiger partial charge in [0.2, 0.25) is 5.91 Å². The van der Waals surface area contributed by atoms with E-state index in [0.29, 0.717) is 41.4 Å². The van der Waals surface area contributed by atoms with Gasteiger partial charge in [0, 0.05) is 6.07 Å². The third-order valence-electron chi connectivity index (χ3n) is 3.72. The van der Waals surface area contributed by atoms with Crippen molar-refractivity contribution in [3.63, 3.8) is 0 Å². The normalized spacial score (nSPS) is 13.0. The zero-order chi connectivity index (χ0) is 17.2. The van der Waals surface area contributed by atoms with E-state index in [-0.39, 0.29) is 19.0 Å². The molecule has 0 bridgehead atoms. The molecule has 9 heteroatoms. The number of nitrogens with one attached hydrogen (secondary N) is 1. The molecule has 0 radical (unpaired) electrons. The lowest BCUT2D eigenvalue weighted by atomic mass is 10.2. The second kappa shape index (κ2) is 6.27. The number of furan rings is 1. The summed E-state index contributed by atoms with van der Waals surface area (Å²) in [7, 11) is 0. The quantitative estimate of drug-likeness (QED) is 0.734. The molecule has 9 nitrogen and oxygen atoms in total. The maximum absolute atomic E-state index is 12.5. The summed E-state index contributed by atoms with van der Waals surface area (Å²) in [6, 6.07) is 6.65. The highest BCUT2D eigenvalue weighted by Crippen LogP contribution is 2.32. The monoisotopic (exact) mass is 342 g/mol. The number of benzene rings is 1. The van der Waals surface area contributed by atoms with Crippen LogP contribution in [-0.4, -0.2) is 34.1 Å². The second-order valence-corrected chi connectivity index (χ2v) is 5.42. The van der Waals surface area contributed by atoms with Gasteiger partial charge in [-0.15, -0.1) is 5.10 Å². The number of hydrogen-bond donors (Lipinski definition) is 1. The zero-order valence-corrected chi connectivity index (χ0v) is 13.1. The minimum absolute atomic E-state index is 0.236. The average Bonchev–Trinajstić information content (AvgIpc) is 3.15. The topological polar surface area (TPSA) is 108 Å². The first-order chi connectivity index (χ1) is 12.2. The van der Waals surface area contributed by atoms with Crippen molar-refractivity contribution in [2.75, 3.05) is 13.2 Å². The molecule has 1 aliphatic rings. The van der Waals surface area contributed by atoms with E-state index in [4.69, 9.17) is 13.9 Å². The number of carbonyl (C=O) groups excluding carboxylic acids is 1. The molecule has 0 aliphatic carbocycles. The number of ether oxygens (including phenoxy) is 2. The van der Waals surface area contributed by atoms with Crippen LogP contribution in [0.25, 0.3) is 10.9 Å². The first-order valence-corrected chi connectivity index (χ1v) is 7.67. The van der Waals surface area contributed by atoms with Crippen molar-refractivity contribution in [1.82, 2.24) is 20.3 Å². The van der Waals surface area contributed by atoms with E-state index >= 15 is 0 Å². The molecule has 128 valence electrons. The Balaban J connectivity index is 1.56. The van der Waals surface area contributed by atoms with Crippen molar-refractivity contribution in [3.8, 4) is 11.5 Å². The Bertz CT molecular complexity index is 980. The zero-order valence-electron chi connectivity index (χ0n) is 13.1. The Morgan fingerprint density at radius 1 is 1.24 bits per heavy atom. The number of amides is 1. The van der Waals surface area contributed by atoms with Crippen LogP contribution < -0.4 is 20.3 Å². The number of rotatable bonds is 4. The Kier molecular flexibility index (Phi) is 3.81. The van der Waals surface area contributed by atoms with E-state index < -0.39 is 5.56 Å². The summed E-state index contributed by atoms with van der Waals surface area (Å²) in [5, 5.41) is 10.8. The fraction of sp³-hybridized carbons (Fsp3) is 0.250. The lowest BCUT2D eigenvalue weighted by Gasteiger charge is -2.18. The van der Waals surface area contributed by atoms with Gasteiger partial charge in [0.1, 0.15) is 31.0 Å². The summed E-state index contributed by atoms with van der Waals surface area (Å²) >= 11 is 0. The number of hydrogen-bond acceptors (Lipinski definition) is 7. The number of fused-ring (bicyclic) bond motifs is 2. The smallest absolute Gasteiger partial charge is 0.278 e. The van der Waals surface area contributed by atoms with Gasteiger partial charge in [-0.2, -0.15) is 0 Å². The van der Waals surface area contributed by atoms with Gasteiger partial charge in [-0.1, -0.05) is 5.21 Å². The molecule has 4 rings (SSSR count). The van der Waals surface area contributed by atoms with Crippen molar-refractivity contribution in [3.05, 3.63) is 46.6 Å². The van der Waals surface area contributed by atoms with E-state index in [9.17, 15) is 9.59 Å². The van der Waals surface area contributed by atoms with E-state index in [1.165, 1.54) is 6.26 Å². The molecular weight excluding hydrogens is 328 g/mol. The van der Waals surface area contributed by atoms with E-state index in [2.05, 4.69) is 15.6 Å². The van der Waals surface area contributed by atoms with Gasteiger partial charge < -0.3 is 19.2 Å². The first-order valence-electron chi connectivity index (χ1n) is 7.67. The third kappa shape index (κ3) is 3.03. The van der Waals surface area contributed by atoms with Crippen molar-refractivity contribution < 1.29 is 18.7 Å². The van der Waals surface area contributed by atoms with Crippen molar-refractivity contribution in [2.24, 2.45) is 0 Å². The largest absolute Gasteiger partial charge is 0.486 e. The molecule has 25 heavy (non-hydrogen) atoms. The fourth-order valence-electron chi connectivity index (χ4n) is 2.51. The van der Waals surface area contributed by atoms with Gasteiger partial charge in [0.15, 0.2) is 11.5 Å². The molecule has 0 atom stereocenters. The van der Waals surface area contributed by atoms with Crippen LogP contribution in [0.3, 0.4) is 0 Å². The van der Waals surface area contributed by atoms with Crippen molar-refractivity contribution >= 4 is 16.8 Å². The van der Waals surface area contributed by atoms with Gasteiger partial charge in [-0.05, 0) is 18.2 Å². The van der Waals surface area contributed by atoms with E-state index in [1.807, 2.05) is 0 Å². The lowest BCUT2D eigenvalue weighted by molar-refractivity contribution is -0.122. The number of nitrogens with zero attached hydrogens (tertiary/aromatic N) is 3. The third-order valence-corrected chi connectivity index (χ3v) is 3.72. The molecule has 0 saturated carbocycles. The molecule has 0 saturated heterocycles. The number of aromatic nitrogens is 3. The molecule has 0 fully saturated rings. The SMILES string of the molecule is O=C(Cn1nnc2cc3c(cc2c1=O)OCCO3)NCc1ccco1. The van der Waals surface area contributed by atoms with E-state index in [1.54, 1.807) is 24.3 Å². The van der Waals surface area contributed by atoms with Crippen LogP contribution in [0.4, 0.5) is 0 Å². The molecule has 1 aromatic carbocycles. The molecule has 3 heterocycles. The molecule has 0 spiro atoms. The summed E-state index contributed by atoms with van der Waals surface area (Å²) in [4.78, 5) is 24.6. The summed E-state index contributed by atoms with van der Waals surface area (Å²) < 4.78 is 17.1. The maximum atomic E-state index is 12.5. The Morgan fingerprint density at radius 3 is 2.80 bits per heavy atom. The van der Waals surface area contributed by atoms with Crippen LogP contribution in [0.2, 0.25) is 0 Å². The van der Waals surface area contributed by atoms with Crippen LogP contribution in [0.15, 0.2) is 39.7 Å². The van der Waals surface area contributed by atoms with Crippen LogP contribution in [0.1, 0.15) is 5.76 Å². The maximum Gasteiger partial charge on any atom is 0.278 e. The molecule has 0 unspecified atom stereocenters. The van der Waals surface area contributed by atoms with Crippen LogP contribution in [-0.2, 0) is 17.9 Å². The van der Waals surface area contributed by atoms with Crippen molar-refractivity contribution in [1.29, 1.82) is 0 Å². The van der Waals surface area contributed by atoms with Gasteiger partial charge in [0.05, 0.1) is 18.2 Å². The number of carbonyl (C=O) groups is 1. The average molecular weight is 342 g/mol. The van der Waals surface area contributed by atoms with Crippen LogP contribution >= 0.6 is 0 Å². The minimum Gasteiger partial charge on any atom is -0.486 e. The van der Waals surface area contributed by atoms with Gasteiger partial charge in [0.25, 0.3) is 5.56 Å². The van der Waals surface area contributed by atoms with Crippen molar-refractivity contribution in [2.45, 2.75) is 13.1 Å². The van der Waals surface area contributed by atoms with Crippen LogP contribution in [0, 0.1) is 0 Å². The lowest BCUT2D eigenvalue weighted by Crippen LogP contribution is -2.34. The highest BCUT2D eigenvalue weighted by Gasteiger charge is 2.17. The Morgan fingerprint density at radius 2 is 2.04 bits per heavy atom. The second-order valence-electron chi connectivity index (χ2n) is 5.42. The highest BCUT2D eigenvalue weighted by molar-refractivity contribution is 5.82. The Labute approximate surface area is 141 Å². The van der Waals surface area contributed by atoms with Crippen LogP contribution in [0.5, 0.6) is 11.5 Å². The van der Waals surface area contributed by atoms with Gasteiger partial charge >= 0.3 is 0 Å². The summed E-state index contributed by atoms with van der Waals surface area (Å²) in [6.45, 7) is 0.858. The highest BCUT2D eigenvalue weighted by atomic mass is 16.6. The fourth-order valence-corrected chi connectivity index (χ4v) is 2.51. The summed E-state index contributed by atoms with van der Waals surface area (Å²) in [5.74, 6) is 1.26. The summed E-state index contributed by atoms with van der Waals surface area (Å²) in [5.41, 5.74) is -0.0309. The molecule has 1 aliphatic heterocycles.